The van der Waals surface area contributed by atoms with Crippen LogP contribution in [0.3, 0.4) is 0 Å². The summed E-state index contributed by atoms with van der Waals surface area (Å²) in [7, 11) is 0. The highest BCUT2D eigenvalue weighted by Crippen LogP contribution is 2.32. The van der Waals surface area contributed by atoms with Gasteiger partial charge in [0.1, 0.15) is 11.4 Å². The summed E-state index contributed by atoms with van der Waals surface area (Å²) in [6, 6.07) is 7.31. The number of rotatable bonds is 4. The average Bonchev–Trinajstić information content (AvgIpc) is 2.97. The minimum absolute atomic E-state index is 0.192. The number of ether oxygens (including phenoxy) is 2. The Morgan fingerprint density at radius 2 is 2.19 bits per heavy atom. The largest absolute Gasteiger partial charge is 0.482 e. The molecular weight excluding hydrogens is 270 g/mol. The van der Waals surface area contributed by atoms with E-state index in [2.05, 4.69) is 10.1 Å². The van der Waals surface area contributed by atoms with E-state index in [4.69, 9.17) is 19.7 Å². The molecule has 2 N–H and O–H groups in total. The summed E-state index contributed by atoms with van der Waals surface area (Å²) < 4.78 is 16.6. The van der Waals surface area contributed by atoms with Crippen LogP contribution < -0.4 is 10.5 Å². The van der Waals surface area contributed by atoms with Crippen molar-refractivity contribution >= 4 is 5.69 Å². The number of nitrogens with zero attached hydrogens (tertiary/aromatic N) is 2. The molecule has 1 unspecified atom stereocenters. The minimum atomic E-state index is -0.453. The molecule has 0 radical (unpaired) electrons. The third-order valence-corrected chi connectivity index (χ3v) is 3.68. The molecule has 112 valence electrons. The van der Waals surface area contributed by atoms with Crippen molar-refractivity contribution in [2.24, 2.45) is 0 Å². The lowest BCUT2D eigenvalue weighted by atomic mass is 9.95. The van der Waals surface area contributed by atoms with Gasteiger partial charge in [-0.05, 0) is 38.3 Å². The average molecular weight is 289 g/mol. The number of hydrogen-bond donors (Lipinski definition) is 1. The van der Waals surface area contributed by atoms with Crippen molar-refractivity contribution < 1.29 is 14.0 Å². The zero-order valence-electron chi connectivity index (χ0n) is 12.0. The number of aromatic nitrogens is 2. The van der Waals surface area contributed by atoms with Crippen LogP contribution in [0.5, 0.6) is 5.75 Å². The Bertz CT molecular complexity index is 606. The first-order valence-electron chi connectivity index (χ1n) is 7.12. The fourth-order valence-electron chi connectivity index (χ4n) is 2.39. The maximum Gasteiger partial charge on any atom is 0.264 e. The lowest BCUT2D eigenvalue weighted by Crippen LogP contribution is -2.31. The van der Waals surface area contributed by atoms with Gasteiger partial charge in [-0.15, -0.1) is 0 Å². The SMILES string of the molecule is CC1(c2noc(COc3ccccc3N)n2)CCCCO1. The molecule has 1 aliphatic rings. The molecule has 0 aliphatic carbocycles. The number of para-hydroxylation sites is 2. The molecule has 6 nitrogen and oxygen atoms in total. The molecule has 0 bridgehead atoms. The summed E-state index contributed by atoms with van der Waals surface area (Å²) >= 11 is 0. The number of nitrogens with two attached hydrogens (primary N) is 1. The third kappa shape index (κ3) is 3.00. The van der Waals surface area contributed by atoms with Gasteiger partial charge < -0.3 is 19.7 Å². The highest BCUT2D eigenvalue weighted by atomic mass is 16.5. The molecule has 1 saturated heterocycles. The highest BCUT2D eigenvalue weighted by Gasteiger charge is 2.34. The molecule has 0 saturated carbocycles. The molecule has 0 amide bonds. The number of nitrogen functional groups attached to an aromatic ring is 1. The van der Waals surface area contributed by atoms with Crippen molar-refractivity contribution in [3.63, 3.8) is 0 Å². The molecule has 3 rings (SSSR count). The molecule has 1 aliphatic heterocycles. The lowest BCUT2D eigenvalue weighted by Gasteiger charge is -2.30. The van der Waals surface area contributed by atoms with E-state index in [0.29, 0.717) is 23.2 Å². The van der Waals surface area contributed by atoms with E-state index in [1.807, 2.05) is 19.1 Å². The Kier molecular flexibility index (Phi) is 3.79. The summed E-state index contributed by atoms with van der Waals surface area (Å²) in [4.78, 5) is 4.38. The Morgan fingerprint density at radius 1 is 1.33 bits per heavy atom. The normalized spacial score (nSPS) is 22.1. The molecule has 6 heteroatoms. The van der Waals surface area contributed by atoms with Gasteiger partial charge in [0.25, 0.3) is 5.89 Å². The zero-order valence-corrected chi connectivity index (χ0v) is 12.0. The number of hydrogen-bond acceptors (Lipinski definition) is 6. The van der Waals surface area contributed by atoms with Gasteiger partial charge in [-0.25, -0.2) is 0 Å². The Morgan fingerprint density at radius 3 is 2.95 bits per heavy atom. The van der Waals surface area contributed by atoms with Gasteiger partial charge in [-0.2, -0.15) is 4.98 Å². The Hall–Kier alpha value is -2.08. The van der Waals surface area contributed by atoms with Gasteiger partial charge >= 0.3 is 0 Å². The monoisotopic (exact) mass is 289 g/mol. The van der Waals surface area contributed by atoms with E-state index in [-0.39, 0.29) is 6.61 Å². The Balaban J connectivity index is 1.67. The zero-order chi connectivity index (χ0) is 14.7. The van der Waals surface area contributed by atoms with Crippen LogP contribution in [-0.4, -0.2) is 16.7 Å². The molecule has 21 heavy (non-hydrogen) atoms. The smallest absolute Gasteiger partial charge is 0.264 e. The number of benzene rings is 1. The molecule has 1 fully saturated rings. The van der Waals surface area contributed by atoms with Gasteiger partial charge in [0, 0.05) is 6.61 Å². The minimum Gasteiger partial charge on any atom is -0.482 e. The van der Waals surface area contributed by atoms with Crippen LogP contribution >= 0.6 is 0 Å². The van der Waals surface area contributed by atoms with E-state index < -0.39 is 5.60 Å². The maximum atomic E-state index is 5.82. The van der Waals surface area contributed by atoms with E-state index in [1.54, 1.807) is 12.1 Å². The van der Waals surface area contributed by atoms with Gasteiger partial charge in [0.15, 0.2) is 6.61 Å². The summed E-state index contributed by atoms with van der Waals surface area (Å²) in [6.45, 7) is 2.92. The van der Waals surface area contributed by atoms with E-state index in [0.717, 1.165) is 25.9 Å². The third-order valence-electron chi connectivity index (χ3n) is 3.68. The summed E-state index contributed by atoms with van der Waals surface area (Å²) in [6.07, 6.45) is 3.09. The second-order valence-electron chi connectivity index (χ2n) is 5.37. The van der Waals surface area contributed by atoms with Crippen LogP contribution in [0.1, 0.15) is 37.9 Å². The molecule has 1 aromatic heterocycles. The van der Waals surface area contributed by atoms with Crippen LogP contribution in [0.15, 0.2) is 28.8 Å². The molecule has 2 heterocycles. The van der Waals surface area contributed by atoms with E-state index >= 15 is 0 Å². The summed E-state index contributed by atoms with van der Waals surface area (Å²) in [5.74, 6) is 1.61. The van der Waals surface area contributed by atoms with Crippen molar-refractivity contribution in [3.8, 4) is 5.75 Å². The molecule has 1 atom stereocenters. The lowest BCUT2D eigenvalue weighted by molar-refractivity contribution is -0.0770. The van der Waals surface area contributed by atoms with Gasteiger partial charge in [-0.1, -0.05) is 17.3 Å². The fourth-order valence-corrected chi connectivity index (χ4v) is 2.39. The molecular formula is C15H19N3O3. The summed E-state index contributed by atoms with van der Waals surface area (Å²) in [5, 5.41) is 4.02. The van der Waals surface area contributed by atoms with Crippen LogP contribution in [0, 0.1) is 0 Å². The maximum absolute atomic E-state index is 5.82. The van der Waals surface area contributed by atoms with Crippen LogP contribution in [0.2, 0.25) is 0 Å². The van der Waals surface area contributed by atoms with E-state index in [9.17, 15) is 0 Å². The number of anilines is 1. The second-order valence-corrected chi connectivity index (χ2v) is 5.37. The first-order valence-corrected chi connectivity index (χ1v) is 7.12. The van der Waals surface area contributed by atoms with Crippen LogP contribution in [0.25, 0.3) is 0 Å². The second kappa shape index (κ2) is 5.73. The van der Waals surface area contributed by atoms with Crippen molar-refractivity contribution in [2.45, 2.75) is 38.4 Å². The first kappa shape index (κ1) is 13.9. The van der Waals surface area contributed by atoms with Crippen LogP contribution in [0.4, 0.5) is 5.69 Å². The predicted octanol–water partition coefficient (Wildman–Crippen LogP) is 2.65. The van der Waals surface area contributed by atoms with Gasteiger partial charge in [-0.3, -0.25) is 0 Å². The van der Waals surface area contributed by atoms with Crippen molar-refractivity contribution in [1.29, 1.82) is 0 Å². The van der Waals surface area contributed by atoms with Crippen molar-refractivity contribution in [1.82, 2.24) is 10.1 Å². The van der Waals surface area contributed by atoms with Gasteiger partial charge in [0.05, 0.1) is 5.69 Å². The molecule has 0 spiro atoms. The van der Waals surface area contributed by atoms with Crippen molar-refractivity contribution in [3.05, 3.63) is 36.0 Å². The van der Waals surface area contributed by atoms with Gasteiger partial charge in [0.2, 0.25) is 5.82 Å². The molecule has 1 aromatic carbocycles. The standard InChI is InChI=1S/C15H19N3O3/c1-15(8-4-5-9-20-15)14-17-13(21-18-14)10-19-12-7-3-2-6-11(12)16/h2-3,6-7H,4-5,8-10,16H2,1H3. The predicted molar refractivity (Wildman–Crippen MR) is 76.6 cm³/mol. The first-order chi connectivity index (χ1) is 10.2. The quantitative estimate of drug-likeness (QED) is 0.871. The summed E-state index contributed by atoms with van der Waals surface area (Å²) in [5.41, 5.74) is 5.95. The molecule has 2 aromatic rings. The van der Waals surface area contributed by atoms with Crippen molar-refractivity contribution in [2.75, 3.05) is 12.3 Å². The van der Waals surface area contributed by atoms with E-state index in [1.165, 1.54) is 0 Å². The highest BCUT2D eigenvalue weighted by molar-refractivity contribution is 5.51. The topological polar surface area (TPSA) is 83.4 Å². The fraction of sp³-hybridized carbons (Fsp3) is 0.467. The van der Waals surface area contributed by atoms with Crippen LogP contribution in [-0.2, 0) is 16.9 Å². The Labute approximate surface area is 123 Å².